The minimum absolute atomic E-state index is 0.0567. The van der Waals surface area contributed by atoms with Gasteiger partial charge in [-0.1, -0.05) is 12.1 Å². The lowest BCUT2D eigenvalue weighted by atomic mass is 9.93. The van der Waals surface area contributed by atoms with E-state index in [1.54, 1.807) is 18.5 Å². The number of likely N-dealkylation sites (tertiary alicyclic amines) is 1. The summed E-state index contributed by atoms with van der Waals surface area (Å²) < 4.78 is 15.0. The van der Waals surface area contributed by atoms with Crippen molar-refractivity contribution in [1.29, 1.82) is 0 Å². The van der Waals surface area contributed by atoms with Crippen molar-refractivity contribution < 1.29 is 9.50 Å². The molecule has 1 aliphatic rings. The van der Waals surface area contributed by atoms with Gasteiger partial charge in [0.2, 0.25) is 0 Å². The first-order valence-electron chi connectivity index (χ1n) is 7.75. The van der Waals surface area contributed by atoms with E-state index >= 15 is 0 Å². The topological polar surface area (TPSA) is 41.3 Å². The first kappa shape index (κ1) is 15.2. The molecule has 0 aliphatic carbocycles. The highest BCUT2D eigenvalue weighted by Crippen LogP contribution is 2.23. The quantitative estimate of drug-likeness (QED) is 0.941. The summed E-state index contributed by atoms with van der Waals surface area (Å²) in [5.41, 5.74) is 2.07. The number of benzene rings is 1. The Morgan fingerprint density at radius 3 is 2.77 bits per heavy atom. The Bertz CT molecular complexity index is 611. The van der Waals surface area contributed by atoms with Crippen molar-refractivity contribution in [3.05, 3.63) is 53.9 Å². The number of aliphatic hydroxyl groups is 1. The Hall–Kier alpha value is -1.72. The van der Waals surface area contributed by atoms with E-state index < -0.39 is 0 Å². The molecule has 0 unspecified atom stereocenters. The van der Waals surface area contributed by atoms with Crippen LogP contribution in [0.1, 0.15) is 24.1 Å². The normalized spacial score (nSPS) is 22.9. The van der Waals surface area contributed by atoms with Crippen LogP contribution in [0.3, 0.4) is 0 Å². The molecule has 2 aromatic rings. The number of halogens is 1. The molecule has 0 bridgehead atoms. The van der Waals surface area contributed by atoms with Crippen LogP contribution < -0.4 is 0 Å². The summed E-state index contributed by atoms with van der Waals surface area (Å²) in [5, 5.41) is 10.4. The summed E-state index contributed by atoms with van der Waals surface area (Å²) in [7, 11) is 1.96. The van der Waals surface area contributed by atoms with E-state index in [-0.39, 0.29) is 18.0 Å². The van der Waals surface area contributed by atoms with Crippen molar-refractivity contribution in [3.8, 4) is 0 Å². The summed E-state index contributed by atoms with van der Waals surface area (Å²) in [4.78, 5) is 6.67. The number of hydrogen-bond donors (Lipinski definition) is 1. The lowest BCUT2D eigenvalue weighted by Gasteiger charge is -2.39. The largest absolute Gasteiger partial charge is 0.391 e. The standard InChI is InChI=1S/C17H22FN3O/c1-20-10-15(19-12-20)11-21-8-2-3-17(22)16(21)9-13-4-6-14(18)7-5-13/h4-7,10,12,16-17,22H,2-3,8-9,11H2,1H3/t16-,17-/m0/s1. The van der Waals surface area contributed by atoms with Crippen LogP contribution in [0, 0.1) is 5.82 Å². The van der Waals surface area contributed by atoms with Gasteiger partial charge in [0, 0.05) is 25.8 Å². The van der Waals surface area contributed by atoms with Crippen LogP contribution in [-0.4, -0.2) is 38.2 Å². The van der Waals surface area contributed by atoms with Crippen molar-refractivity contribution in [2.45, 2.75) is 38.0 Å². The van der Waals surface area contributed by atoms with Crippen LogP contribution >= 0.6 is 0 Å². The zero-order valence-electron chi connectivity index (χ0n) is 12.8. The van der Waals surface area contributed by atoms with E-state index in [0.717, 1.165) is 43.6 Å². The van der Waals surface area contributed by atoms with Gasteiger partial charge in [0.25, 0.3) is 0 Å². The fourth-order valence-electron chi connectivity index (χ4n) is 3.19. The predicted octanol–water partition coefficient (Wildman–Crippen LogP) is 2.13. The van der Waals surface area contributed by atoms with Crippen LogP contribution in [0.25, 0.3) is 0 Å². The fourth-order valence-corrected chi connectivity index (χ4v) is 3.19. The number of aromatic nitrogens is 2. The highest BCUT2D eigenvalue weighted by molar-refractivity contribution is 5.18. The minimum Gasteiger partial charge on any atom is -0.391 e. The molecule has 0 saturated carbocycles. The Kier molecular flexibility index (Phi) is 4.55. The second kappa shape index (κ2) is 6.58. The molecule has 1 N–H and O–H groups in total. The van der Waals surface area contributed by atoms with E-state index in [2.05, 4.69) is 9.88 Å². The molecule has 1 aromatic heterocycles. The maximum absolute atomic E-state index is 13.0. The molecule has 5 heteroatoms. The third-order valence-electron chi connectivity index (χ3n) is 4.34. The highest BCUT2D eigenvalue weighted by Gasteiger charge is 2.30. The molecule has 3 rings (SSSR count). The second-order valence-electron chi connectivity index (χ2n) is 6.11. The number of aryl methyl sites for hydroxylation is 1. The van der Waals surface area contributed by atoms with Gasteiger partial charge in [-0.15, -0.1) is 0 Å². The maximum atomic E-state index is 13.0. The average molecular weight is 303 g/mol. The molecule has 0 radical (unpaired) electrons. The Morgan fingerprint density at radius 2 is 2.09 bits per heavy atom. The fraction of sp³-hybridized carbons (Fsp3) is 0.471. The first-order chi connectivity index (χ1) is 10.6. The van der Waals surface area contributed by atoms with Gasteiger partial charge < -0.3 is 9.67 Å². The van der Waals surface area contributed by atoms with Crippen molar-refractivity contribution in [2.75, 3.05) is 6.54 Å². The van der Waals surface area contributed by atoms with Crippen LogP contribution in [0.5, 0.6) is 0 Å². The summed E-state index contributed by atoms with van der Waals surface area (Å²) in [6.45, 7) is 1.70. The maximum Gasteiger partial charge on any atom is 0.123 e. The summed E-state index contributed by atoms with van der Waals surface area (Å²) in [6, 6.07) is 6.62. The molecular formula is C17H22FN3O. The number of hydrogen-bond acceptors (Lipinski definition) is 3. The van der Waals surface area contributed by atoms with Crippen molar-refractivity contribution >= 4 is 0 Å². The zero-order chi connectivity index (χ0) is 15.5. The van der Waals surface area contributed by atoms with E-state index in [1.165, 1.54) is 12.1 Å². The number of aliphatic hydroxyl groups excluding tert-OH is 1. The number of piperidine rings is 1. The molecule has 1 saturated heterocycles. The van der Waals surface area contributed by atoms with E-state index in [0.29, 0.717) is 0 Å². The third kappa shape index (κ3) is 3.54. The molecule has 0 spiro atoms. The van der Waals surface area contributed by atoms with Gasteiger partial charge in [-0.25, -0.2) is 9.37 Å². The van der Waals surface area contributed by atoms with Gasteiger partial charge in [-0.05, 0) is 43.5 Å². The van der Waals surface area contributed by atoms with Crippen LogP contribution in [0.4, 0.5) is 4.39 Å². The SMILES string of the molecule is Cn1cnc(CN2CCC[C@H](O)[C@@H]2Cc2ccc(F)cc2)c1. The molecule has 1 fully saturated rings. The summed E-state index contributed by atoms with van der Waals surface area (Å²) >= 11 is 0. The Labute approximate surface area is 130 Å². The Balaban J connectivity index is 1.73. The number of imidazole rings is 1. The van der Waals surface area contributed by atoms with Crippen LogP contribution in [-0.2, 0) is 20.0 Å². The molecule has 2 heterocycles. The lowest BCUT2D eigenvalue weighted by Crippen LogP contribution is -2.48. The molecule has 1 aliphatic heterocycles. The van der Waals surface area contributed by atoms with Gasteiger partial charge >= 0.3 is 0 Å². The van der Waals surface area contributed by atoms with E-state index in [1.807, 2.05) is 17.8 Å². The van der Waals surface area contributed by atoms with Crippen LogP contribution in [0.2, 0.25) is 0 Å². The van der Waals surface area contributed by atoms with Gasteiger partial charge in [0.05, 0.1) is 18.1 Å². The highest BCUT2D eigenvalue weighted by atomic mass is 19.1. The van der Waals surface area contributed by atoms with Crippen molar-refractivity contribution in [1.82, 2.24) is 14.5 Å². The van der Waals surface area contributed by atoms with E-state index in [9.17, 15) is 9.50 Å². The lowest BCUT2D eigenvalue weighted by molar-refractivity contribution is 0.00618. The Morgan fingerprint density at radius 1 is 1.32 bits per heavy atom. The first-order valence-corrected chi connectivity index (χ1v) is 7.75. The monoisotopic (exact) mass is 303 g/mol. The van der Waals surface area contributed by atoms with E-state index in [4.69, 9.17) is 0 Å². The molecule has 1 aromatic carbocycles. The predicted molar refractivity (Wildman–Crippen MR) is 82.8 cm³/mol. The van der Waals surface area contributed by atoms with Crippen molar-refractivity contribution in [2.24, 2.45) is 7.05 Å². The van der Waals surface area contributed by atoms with Gasteiger partial charge in [-0.2, -0.15) is 0 Å². The molecular weight excluding hydrogens is 281 g/mol. The minimum atomic E-state index is -0.345. The zero-order valence-corrected chi connectivity index (χ0v) is 12.8. The molecule has 118 valence electrons. The van der Waals surface area contributed by atoms with Gasteiger partial charge in [-0.3, -0.25) is 4.90 Å². The molecule has 2 atom stereocenters. The number of rotatable bonds is 4. The van der Waals surface area contributed by atoms with Gasteiger partial charge in [0.1, 0.15) is 5.82 Å². The van der Waals surface area contributed by atoms with Crippen molar-refractivity contribution in [3.63, 3.8) is 0 Å². The second-order valence-corrected chi connectivity index (χ2v) is 6.11. The summed E-state index contributed by atoms with van der Waals surface area (Å²) in [5.74, 6) is -0.224. The molecule has 4 nitrogen and oxygen atoms in total. The van der Waals surface area contributed by atoms with Crippen LogP contribution in [0.15, 0.2) is 36.8 Å². The molecule has 0 amide bonds. The van der Waals surface area contributed by atoms with Gasteiger partial charge in [0.15, 0.2) is 0 Å². The smallest absolute Gasteiger partial charge is 0.123 e. The molecule has 22 heavy (non-hydrogen) atoms. The third-order valence-corrected chi connectivity index (χ3v) is 4.34. The summed E-state index contributed by atoms with van der Waals surface area (Å²) in [6.07, 6.45) is 6.01. The average Bonchev–Trinajstić information content (AvgIpc) is 2.90. The number of nitrogens with zero attached hydrogens (tertiary/aromatic N) is 3.